The van der Waals surface area contributed by atoms with Gasteiger partial charge in [0.25, 0.3) is 0 Å². The zero-order valence-electron chi connectivity index (χ0n) is 11.8. The summed E-state index contributed by atoms with van der Waals surface area (Å²) in [4.78, 5) is 2.10. The van der Waals surface area contributed by atoms with Crippen molar-refractivity contribution in [1.82, 2.24) is 10.2 Å². The molecule has 0 fully saturated rings. The van der Waals surface area contributed by atoms with Crippen molar-refractivity contribution in [1.29, 1.82) is 0 Å². The Labute approximate surface area is 114 Å². The molecule has 1 aromatic rings. The van der Waals surface area contributed by atoms with E-state index in [1.165, 1.54) is 0 Å². The van der Waals surface area contributed by atoms with E-state index in [0.717, 1.165) is 30.2 Å². The Morgan fingerprint density at radius 1 is 1.32 bits per heavy atom. The van der Waals surface area contributed by atoms with Gasteiger partial charge in [0.2, 0.25) is 6.79 Å². The van der Waals surface area contributed by atoms with Gasteiger partial charge in [0.1, 0.15) is 0 Å². The molecule has 0 aromatic heterocycles. The van der Waals surface area contributed by atoms with Crippen LogP contribution < -0.4 is 14.8 Å². The van der Waals surface area contributed by atoms with Gasteiger partial charge in [-0.05, 0) is 38.7 Å². The van der Waals surface area contributed by atoms with Gasteiger partial charge in [-0.15, -0.1) is 0 Å². The predicted molar refractivity (Wildman–Crippen MR) is 73.6 cm³/mol. The minimum Gasteiger partial charge on any atom is -0.454 e. The molecule has 2 rings (SSSR count). The molecule has 19 heavy (non-hydrogen) atoms. The van der Waals surface area contributed by atoms with Gasteiger partial charge in [0, 0.05) is 13.1 Å². The normalized spacial score (nSPS) is 16.7. The highest BCUT2D eigenvalue weighted by Crippen LogP contribution is 2.35. The molecule has 1 aliphatic rings. The minimum atomic E-state index is -0.475. The molecule has 0 spiro atoms. The summed E-state index contributed by atoms with van der Waals surface area (Å²) in [5.41, 5.74) is 0.523. The molecule has 0 amide bonds. The Hall–Kier alpha value is -1.30. The first-order chi connectivity index (χ1) is 9.05. The molecule has 1 unspecified atom stereocenters. The molecule has 1 aliphatic heterocycles. The number of nitrogens with one attached hydrogen (secondary N) is 1. The Balaban J connectivity index is 2.11. The predicted octanol–water partition coefficient (Wildman–Crippen LogP) is 0.774. The van der Waals surface area contributed by atoms with E-state index >= 15 is 0 Å². The Morgan fingerprint density at radius 2 is 2.05 bits per heavy atom. The van der Waals surface area contributed by atoms with Crippen molar-refractivity contribution >= 4 is 0 Å². The largest absolute Gasteiger partial charge is 0.454 e. The second kappa shape index (κ2) is 5.77. The van der Waals surface area contributed by atoms with Gasteiger partial charge in [0.15, 0.2) is 11.5 Å². The molecule has 0 radical (unpaired) electrons. The number of rotatable bonds is 6. The third-order valence-electron chi connectivity index (χ3n) is 3.40. The molecule has 5 nitrogen and oxygen atoms in total. The molecule has 0 saturated heterocycles. The molecule has 2 N–H and O–H groups in total. The second-order valence-corrected chi connectivity index (χ2v) is 5.29. The lowest BCUT2D eigenvalue weighted by atomic mass is 9.92. The molecule has 1 heterocycles. The van der Waals surface area contributed by atoms with Crippen LogP contribution in [0.1, 0.15) is 12.5 Å². The summed E-state index contributed by atoms with van der Waals surface area (Å²) in [6.07, 6.45) is 0. The maximum atomic E-state index is 9.70. The zero-order valence-corrected chi connectivity index (χ0v) is 11.8. The first-order valence-electron chi connectivity index (χ1n) is 6.46. The fourth-order valence-electron chi connectivity index (χ4n) is 2.04. The van der Waals surface area contributed by atoms with Crippen LogP contribution in [0.25, 0.3) is 0 Å². The fourth-order valence-corrected chi connectivity index (χ4v) is 2.04. The van der Waals surface area contributed by atoms with Crippen LogP contribution in [0.15, 0.2) is 18.2 Å². The van der Waals surface area contributed by atoms with Crippen LogP contribution in [0.5, 0.6) is 11.5 Å². The third kappa shape index (κ3) is 3.18. The molecule has 0 aliphatic carbocycles. The SMILES string of the molecule is CN(C)CCNC(C)(CO)c1ccc2c(c1)OCO2. The molecule has 5 heteroatoms. The fraction of sp³-hybridized carbons (Fsp3) is 0.571. The Morgan fingerprint density at radius 3 is 2.74 bits per heavy atom. The van der Waals surface area contributed by atoms with Gasteiger partial charge < -0.3 is 24.8 Å². The van der Waals surface area contributed by atoms with Crippen LogP contribution in [0, 0.1) is 0 Å². The summed E-state index contributed by atoms with van der Waals surface area (Å²) in [6, 6.07) is 5.78. The molecule has 1 atom stereocenters. The van der Waals surface area contributed by atoms with E-state index in [1.807, 2.05) is 39.2 Å². The first kappa shape index (κ1) is 14.1. The minimum absolute atomic E-state index is 0.0278. The van der Waals surface area contributed by atoms with Crippen LogP contribution in [-0.4, -0.2) is 50.6 Å². The Kier molecular flexibility index (Phi) is 4.29. The van der Waals surface area contributed by atoms with Crippen LogP contribution >= 0.6 is 0 Å². The number of aliphatic hydroxyl groups is 1. The number of likely N-dealkylation sites (N-methyl/N-ethyl adjacent to an activating group) is 1. The summed E-state index contributed by atoms with van der Waals surface area (Å²) in [6.45, 7) is 4.00. The molecule has 0 saturated carbocycles. The molecule has 1 aromatic carbocycles. The number of ether oxygens (including phenoxy) is 2. The highest BCUT2D eigenvalue weighted by Gasteiger charge is 2.27. The molecular formula is C14H22N2O3. The maximum absolute atomic E-state index is 9.70. The van der Waals surface area contributed by atoms with E-state index in [2.05, 4.69) is 10.2 Å². The van der Waals surface area contributed by atoms with E-state index in [9.17, 15) is 5.11 Å². The first-order valence-corrected chi connectivity index (χ1v) is 6.46. The molecule has 106 valence electrons. The third-order valence-corrected chi connectivity index (χ3v) is 3.40. The average molecular weight is 266 g/mol. The van der Waals surface area contributed by atoms with Crippen LogP contribution in [0.2, 0.25) is 0 Å². The van der Waals surface area contributed by atoms with Gasteiger partial charge in [0.05, 0.1) is 12.1 Å². The van der Waals surface area contributed by atoms with E-state index in [1.54, 1.807) is 0 Å². The van der Waals surface area contributed by atoms with Gasteiger partial charge in [-0.3, -0.25) is 0 Å². The van der Waals surface area contributed by atoms with E-state index in [4.69, 9.17) is 9.47 Å². The summed E-state index contributed by atoms with van der Waals surface area (Å²) in [5, 5.41) is 13.1. The second-order valence-electron chi connectivity index (χ2n) is 5.29. The van der Waals surface area contributed by atoms with E-state index < -0.39 is 5.54 Å². The number of aliphatic hydroxyl groups excluding tert-OH is 1. The van der Waals surface area contributed by atoms with Crippen LogP contribution in [0.4, 0.5) is 0 Å². The van der Waals surface area contributed by atoms with Crippen molar-refractivity contribution in [3.8, 4) is 11.5 Å². The number of fused-ring (bicyclic) bond motifs is 1. The lowest BCUT2D eigenvalue weighted by molar-refractivity contribution is 0.169. The van der Waals surface area contributed by atoms with E-state index in [-0.39, 0.29) is 13.4 Å². The van der Waals surface area contributed by atoms with Gasteiger partial charge in [-0.2, -0.15) is 0 Å². The highest BCUT2D eigenvalue weighted by molar-refractivity contribution is 5.46. The number of benzene rings is 1. The number of hydrogen-bond acceptors (Lipinski definition) is 5. The van der Waals surface area contributed by atoms with Gasteiger partial charge in [-0.1, -0.05) is 6.07 Å². The lowest BCUT2D eigenvalue weighted by Crippen LogP contribution is -2.45. The van der Waals surface area contributed by atoms with Crippen LogP contribution in [0.3, 0.4) is 0 Å². The summed E-state index contributed by atoms with van der Waals surface area (Å²) >= 11 is 0. The number of nitrogens with zero attached hydrogens (tertiary/aromatic N) is 1. The van der Waals surface area contributed by atoms with Crippen molar-refractivity contribution in [3.05, 3.63) is 23.8 Å². The number of hydrogen-bond donors (Lipinski definition) is 2. The lowest BCUT2D eigenvalue weighted by Gasteiger charge is -2.30. The summed E-state index contributed by atoms with van der Waals surface area (Å²) in [5.74, 6) is 1.50. The van der Waals surface area contributed by atoms with Crippen molar-refractivity contribution in [3.63, 3.8) is 0 Å². The maximum Gasteiger partial charge on any atom is 0.231 e. The van der Waals surface area contributed by atoms with Gasteiger partial charge >= 0.3 is 0 Å². The molecular weight excluding hydrogens is 244 g/mol. The Bertz CT molecular complexity index is 437. The van der Waals surface area contributed by atoms with Crippen molar-refractivity contribution in [2.45, 2.75) is 12.5 Å². The van der Waals surface area contributed by atoms with Crippen molar-refractivity contribution in [2.75, 3.05) is 40.6 Å². The highest BCUT2D eigenvalue weighted by atomic mass is 16.7. The monoisotopic (exact) mass is 266 g/mol. The zero-order chi connectivity index (χ0) is 13.9. The smallest absolute Gasteiger partial charge is 0.231 e. The van der Waals surface area contributed by atoms with Gasteiger partial charge in [-0.25, -0.2) is 0 Å². The summed E-state index contributed by atoms with van der Waals surface area (Å²) < 4.78 is 10.7. The van der Waals surface area contributed by atoms with Crippen molar-refractivity contribution < 1.29 is 14.6 Å². The van der Waals surface area contributed by atoms with E-state index in [0.29, 0.717) is 0 Å². The van der Waals surface area contributed by atoms with Crippen LogP contribution in [-0.2, 0) is 5.54 Å². The quantitative estimate of drug-likeness (QED) is 0.797. The van der Waals surface area contributed by atoms with Crippen molar-refractivity contribution in [2.24, 2.45) is 0 Å². The standard InChI is InChI=1S/C14H22N2O3/c1-14(9-17,15-6-7-16(2)3)11-4-5-12-13(8-11)19-10-18-12/h4-5,8,15,17H,6-7,9-10H2,1-3H3. The molecule has 0 bridgehead atoms. The average Bonchev–Trinajstić information content (AvgIpc) is 2.85. The topological polar surface area (TPSA) is 54.0 Å². The summed E-state index contributed by atoms with van der Waals surface area (Å²) in [7, 11) is 4.05.